The number of terminal acetylenes is 1. The number of fused-ring (bicyclic) bond motifs is 2. The minimum Gasteiger partial charge on any atom is -0.481 e. The number of ether oxygens (including phenoxy) is 1. The number of carbonyl (C=O) groups is 5. The van der Waals surface area contributed by atoms with E-state index in [1.165, 1.54) is 47.4 Å². The topological polar surface area (TPSA) is 246 Å². The van der Waals surface area contributed by atoms with Crippen LogP contribution in [0.1, 0.15) is 55.7 Å². The molecular weight excluding hydrogens is 840 g/mol. The van der Waals surface area contributed by atoms with Crippen LogP contribution in [0.25, 0.3) is 0 Å². The largest absolute Gasteiger partial charge is 0.481 e. The molecule has 0 spiro atoms. The number of nitrogens with two attached hydrogens (primary N) is 1. The van der Waals surface area contributed by atoms with E-state index in [0.29, 0.717) is 22.7 Å². The zero-order valence-corrected chi connectivity index (χ0v) is 35.2. The molecule has 2 atom stereocenters. The number of ketones is 3. The second-order valence-electron chi connectivity index (χ2n) is 14.7. The van der Waals surface area contributed by atoms with E-state index >= 15 is 0 Å². The number of nitrogens with zero attached hydrogens (tertiary/aromatic N) is 4. The number of aliphatic carboxylic acids is 1. The Labute approximate surface area is 342 Å². The predicted octanol–water partition coefficient (Wildman–Crippen LogP) is 3.81. The second-order valence-corrected chi connectivity index (χ2v) is 20.4. The number of anilines is 1. The second kappa shape index (κ2) is 18.6. The highest BCUT2D eigenvalue weighted by atomic mass is 35.5. The third kappa shape index (κ3) is 11.8. The third-order valence-electron chi connectivity index (χ3n) is 8.99. The molecule has 1 fully saturated rings. The molecule has 1 aliphatic carbocycles. The number of carbonyl (C=O) groups excluding carboxylic acids is 4. The van der Waals surface area contributed by atoms with Crippen LogP contribution in [0.4, 0.5) is 15.8 Å². The van der Waals surface area contributed by atoms with Crippen molar-refractivity contribution in [1.82, 2.24) is 8.94 Å². The normalized spacial score (nSPS) is 17.9. The SMILES string of the molecule is C#CCN1C(=O)COc2cc(F)c(N=c3snc4n3CC(C)(C)C4)cc21.CP(=O)(O)CCC(N)C(=O)O.CS(=O)(=O)c1ccc(C(=O)C2C(=O)CCCC2=O)c(Cl)c1. The minimum absolute atomic E-state index is 0.00216. The molecule has 0 saturated heterocycles. The van der Waals surface area contributed by atoms with Gasteiger partial charge in [-0.15, -0.1) is 6.42 Å². The van der Waals surface area contributed by atoms with Gasteiger partial charge >= 0.3 is 5.97 Å². The summed E-state index contributed by atoms with van der Waals surface area (Å²) in [5, 5.41) is 8.21. The number of amides is 1. The summed E-state index contributed by atoms with van der Waals surface area (Å²) >= 11 is 7.18. The summed E-state index contributed by atoms with van der Waals surface area (Å²) in [5.74, 6) is -0.988. The van der Waals surface area contributed by atoms with Gasteiger partial charge in [0.2, 0.25) is 4.80 Å². The fourth-order valence-corrected chi connectivity index (χ4v) is 8.53. The van der Waals surface area contributed by atoms with Crippen molar-refractivity contribution in [3.05, 3.63) is 57.4 Å². The van der Waals surface area contributed by atoms with E-state index in [1.807, 2.05) is 4.57 Å². The number of Topliss-reactive ketones (excluding diaryl/α,β-unsaturated/α-hetero) is 3. The predicted molar refractivity (Wildman–Crippen MR) is 213 cm³/mol. The van der Waals surface area contributed by atoms with Gasteiger partial charge in [0.15, 0.2) is 47.0 Å². The molecule has 2 unspecified atom stereocenters. The van der Waals surface area contributed by atoms with Gasteiger partial charge in [-0.1, -0.05) is 31.4 Å². The first kappa shape index (κ1) is 46.1. The Morgan fingerprint density at radius 2 is 1.88 bits per heavy atom. The van der Waals surface area contributed by atoms with Crippen LogP contribution in [-0.4, -0.2) is 94.9 Å². The van der Waals surface area contributed by atoms with Crippen LogP contribution in [0.5, 0.6) is 5.75 Å². The molecule has 6 rings (SSSR count). The van der Waals surface area contributed by atoms with Crippen LogP contribution in [0.15, 0.2) is 40.2 Å². The molecule has 58 heavy (non-hydrogen) atoms. The number of hydrogen-bond acceptors (Lipinski definition) is 13. The number of halogens is 2. The first-order valence-corrected chi connectivity index (χ1v) is 22.9. The number of aromatic nitrogens is 2. The molecule has 1 amide bonds. The monoisotopic (exact) mass is 881 g/mol. The van der Waals surface area contributed by atoms with Crippen molar-refractivity contribution in [3.8, 4) is 18.1 Å². The highest BCUT2D eigenvalue weighted by Gasteiger charge is 2.37. The molecule has 21 heteroatoms. The van der Waals surface area contributed by atoms with Crippen LogP contribution < -0.4 is 20.2 Å². The van der Waals surface area contributed by atoms with Gasteiger partial charge < -0.3 is 25.0 Å². The summed E-state index contributed by atoms with van der Waals surface area (Å²) in [6.45, 7) is 6.24. The lowest BCUT2D eigenvalue weighted by molar-refractivity contribution is -0.138. The standard InChI is InChI=1S/C18H17FN4O2S.C14H13ClO5S.C5H12NO4P/c1-4-5-22-13-7-12(11(19)6-14(13)25-9-16(22)24)20-17-23-10-18(2,3)8-15(23)21-26-17;1-21(19,20)8-5-6-9(10(15)7-8)14(18)13-11(16)3-2-4-12(13)17;1-11(9,10)3-2-4(6)5(7)8/h1,6-7H,5,8-10H2,2-3H3;5-7,13H,2-4H2,1H3;4H,2-3,6H2,1H3,(H,7,8)(H,9,10). The van der Waals surface area contributed by atoms with Crippen LogP contribution in [0.2, 0.25) is 5.02 Å². The Kier molecular flexibility index (Phi) is 14.8. The van der Waals surface area contributed by atoms with Crippen molar-refractivity contribution in [2.24, 2.45) is 22.1 Å². The molecular formula is C37H42ClFN5O11PS2. The number of carboxylic acids is 1. The summed E-state index contributed by atoms with van der Waals surface area (Å²) in [5.41, 5.74) is 5.77. The van der Waals surface area contributed by atoms with Crippen LogP contribution in [-0.2, 0) is 46.5 Å². The van der Waals surface area contributed by atoms with E-state index in [2.05, 4.69) is 29.1 Å². The van der Waals surface area contributed by atoms with Crippen LogP contribution in [0, 0.1) is 29.5 Å². The number of carboxylic acid groups (broad SMARTS) is 1. The van der Waals surface area contributed by atoms with Crippen molar-refractivity contribution in [2.75, 3.05) is 37.1 Å². The fourth-order valence-electron chi connectivity index (χ4n) is 6.03. The number of benzene rings is 2. The maximum atomic E-state index is 14.5. The van der Waals surface area contributed by atoms with Gasteiger partial charge in [-0.05, 0) is 42.5 Å². The lowest BCUT2D eigenvalue weighted by atomic mass is 9.82. The molecule has 0 bridgehead atoms. The highest BCUT2D eigenvalue weighted by molar-refractivity contribution is 7.90. The average molecular weight is 882 g/mol. The van der Waals surface area contributed by atoms with Crippen molar-refractivity contribution in [1.29, 1.82) is 0 Å². The minimum atomic E-state index is -3.44. The maximum Gasteiger partial charge on any atom is 0.320 e. The van der Waals surface area contributed by atoms with Crippen LogP contribution in [0.3, 0.4) is 0 Å². The van der Waals surface area contributed by atoms with E-state index in [9.17, 15) is 41.3 Å². The lowest BCUT2D eigenvalue weighted by Gasteiger charge is -2.28. The van der Waals surface area contributed by atoms with Gasteiger partial charge in [-0.2, -0.15) is 4.37 Å². The van der Waals surface area contributed by atoms with E-state index in [1.54, 1.807) is 0 Å². The van der Waals surface area contributed by atoms with Crippen molar-refractivity contribution in [3.63, 3.8) is 0 Å². The summed E-state index contributed by atoms with van der Waals surface area (Å²) in [7, 11) is -6.55. The zero-order chi connectivity index (χ0) is 43.3. The quantitative estimate of drug-likeness (QED) is 0.120. The average Bonchev–Trinajstić information content (AvgIpc) is 3.63. The number of hydrogen-bond donors (Lipinski definition) is 3. The molecule has 312 valence electrons. The Morgan fingerprint density at radius 1 is 1.22 bits per heavy atom. The third-order valence-corrected chi connectivity index (χ3v) is 12.3. The Hall–Kier alpha value is -4.57. The molecule has 3 aromatic rings. The van der Waals surface area contributed by atoms with Crippen molar-refractivity contribution < 1.29 is 56.1 Å². The maximum absolute atomic E-state index is 14.5. The Morgan fingerprint density at radius 3 is 2.45 bits per heavy atom. The van der Waals surface area contributed by atoms with Gasteiger partial charge in [0.05, 0.1) is 22.2 Å². The Balaban J connectivity index is 0.000000209. The zero-order valence-electron chi connectivity index (χ0n) is 31.9. The summed E-state index contributed by atoms with van der Waals surface area (Å²) < 4.78 is 59.8. The van der Waals surface area contributed by atoms with E-state index < -0.39 is 58.3 Å². The lowest BCUT2D eigenvalue weighted by Crippen LogP contribution is -2.39. The highest BCUT2D eigenvalue weighted by Crippen LogP contribution is 2.38. The van der Waals surface area contributed by atoms with E-state index in [0.717, 1.165) is 31.1 Å². The first-order chi connectivity index (χ1) is 26.9. The summed E-state index contributed by atoms with van der Waals surface area (Å²) in [6, 6.07) is 5.37. The van der Waals surface area contributed by atoms with Gasteiger partial charge in [0.25, 0.3) is 5.91 Å². The van der Waals surface area contributed by atoms with Gasteiger partial charge in [-0.25, -0.2) is 17.8 Å². The molecule has 2 aromatic carbocycles. The van der Waals surface area contributed by atoms with Gasteiger partial charge in [-0.3, -0.25) is 33.4 Å². The smallest absolute Gasteiger partial charge is 0.320 e. The molecule has 1 saturated carbocycles. The summed E-state index contributed by atoms with van der Waals surface area (Å²) in [4.78, 5) is 73.3. The van der Waals surface area contributed by atoms with Gasteiger partial charge in [0.1, 0.15) is 29.2 Å². The molecule has 0 radical (unpaired) electrons. The summed E-state index contributed by atoms with van der Waals surface area (Å²) in [6.07, 6.45) is 8.09. The molecule has 16 nitrogen and oxygen atoms in total. The molecule has 2 aliphatic heterocycles. The molecule has 4 N–H and O–H groups in total. The molecule has 3 heterocycles. The number of rotatable bonds is 9. The van der Waals surface area contributed by atoms with Crippen LogP contribution >= 0.6 is 30.5 Å². The van der Waals surface area contributed by atoms with Gasteiger partial charge in [0, 0.05) is 68.1 Å². The Bertz CT molecular complexity index is 2400. The van der Waals surface area contributed by atoms with Crippen molar-refractivity contribution >= 4 is 80.9 Å². The van der Waals surface area contributed by atoms with E-state index in [4.69, 9.17) is 38.5 Å². The molecule has 3 aliphatic rings. The molecule has 1 aromatic heterocycles. The fraction of sp³-hybridized carbons (Fsp3) is 0.432. The first-order valence-electron chi connectivity index (χ1n) is 17.6. The van der Waals surface area contributed by atoms with Crippen molar-refractivity contribution in [2.45, 2.75) is 63.4 Å². The number of sulfone groups is 1. The van der Waals surface area contributed by atoms with E-state index in [-0.39, 0.29) is 71.1 Å².